The van der Waals surface area contributed by atoms with E-state index in [1.807, 2.05) is 30.3 Å². The average molecular weight is 925 g/mol. The molecule has 2 unspecified atom stereocenters. The van der Waals surface area contributed by atoms with Gasteiger partial charge in [0.2, 0.25) is 17.8 Å². The van der Waals surface area contributed by atoms with Gasteiger partial charge in [-0.25, -0.2) is 4.98 Å². The van der Waals surface area contributed by atoms with Gasteiger partial charge in [0.15, 0.2) is 17.4 Å². The number of nitrogens with one attached hydrogen (secondary N) is 2. The Bertz CT molecular complexity index is 2850. The summed E-state index contributed by atoms with van der Waals surface area (Å²) in [6.07, 6.45) is 6.62. The van der Waals surface area contributed by atoms with Crippen LogP contribution in [0.3, 0.4) is 0 Å². The van der Waals surface area contributed by atoms with Gasteiger partial charge in [-0.15, -0.1) is 0 Å². The highest BCUT2D eigenvalue weighted by Gasteiger charge is 2.39. The highest BCUT2D eigenvalue weighted by Crippen LogP contribution is 2.32. The average Bonchev–Trinajstić information content (AvgIpc) is 3.67. The van der Waals surface area contributed by atoms with Gasteiger partial charge < -0.3 is 29.2 Å². The van der Waals surface area contributed by atoms with Crippen molar-refractivity contribution in [2.24, 2.45) is 13.0 Å². The Morgan fingerprint density at radius 1 is 0.955 bits per heavy atom. The quantitative estimate of drug-likeness (QED) is 0.0991. The number of ether oxygens (including phenoxy) is 2. The van der Waals surface area contributed by atoms with Gasteiger partial charge in [0, 0.05) is 67.6 Å². The van der Waals surface area contributed by atoms with Crippen molar-refractivity contribution in [3.8, 4) is 23.3 Å². The fourth-order valence-electron chi connectivity index (χ4n) is 9.39. The third-order valence-corrected chi connectivity index (χ3v) is 13.5. The van der Waals surface area contributed by atoms with Crippen LogP contribution in [-0.2, 0) is 28.0 Å². The number of aromatic nitrogens is 3. The molecule has 16 heteroatoms. The third kappa shape index (κ3) is 10.3. The van der Waals surface area contributed by atoms with Crippen molar-refractivity contribution >= 4 is 63.5 Å². The van der Waals surface area contributed by atoms with E-state index in [2.05, 4.69) is 61.5 Å². The van der Waals surface area contributed by atoms with E-state index in [-0.39, 0.29) is 47.9 Å². The van der Waals surface area contributed by atoms with E-state index in [9.17, 15) is 24.0 Å². The number of amides is 3. The molecule has 2 N–H and O–H groups in total. The minimum atomic E-state index is -0.629. The van der Waals surface area contributed by atoms with Crippen LogP contribution in [0.2, 0.25) is 5.02 Å². The number of carbonyl (C=O) groups is 4. The fraction of sp³-hybridized carbons (Fsp3) is 0.392. The van der Waals surface area contributed by atoms with Crippen LogP contribution in [-0.4, -0.2) is 99.8 Å². The number of nitrogens with zero attached hydrogens (tertiary/aromatic N) is 6. The lowest BCUT2D eigenvalue weighted by Gasteiger charge is -2.33. The summed E-state index contributed by atoms with van der Waals surface area (Å²) in [6.45, 7) is 6.66. The zero-order valence-corrected chi connectivity index (χ0v) is 38.4. The highest BCUT2D eigenvalue weighted by molar-refractivity contribution is 6.33. The van der Waals surface area contributed by atoms with Crippen molar-refractivity contribution in [2.75, 3.05) is 56.2 Å². The van der Waals surface area contributed by atoms with E-state index in [0.29, 0.717) is 72.0 Å². The van der Waals surface area contributed by atoms with Gasteiger partial charge in [-0.05, 0) is 117 Å². The molecular formula is C51H53ClN8O7. The Morgan fingerprint density at radius 3 is 2.57 bits per heavy atom. The molecule has 5 aromatic rings. The molecule has 0 bridgehead atoms. The van der Waals surface area contributed by atoms with E-state index in [1.54, 1.807) is 37.2 Å². The molecule has 9 rings (SSSR count). The lowest BCUT2D eigenvalue weighted by Crippen LogP contribution is -2.52. The summed E-state index contributed by atoms with van der Waals surface area (Å²) in [5.74, 6) is 8.40. The molecular weight excluding hydrogens is 872 g/mol. The number of benzene rings is 3. The van der Waals surface area contributed by atoms with Crippen molar-refractivity contribution in [3.63, 3.8) is 0 Å². The van der Waals surface area contributed by atoms with E-state index >= 15 is 0 Å². The molecule has 6 heterocycles. The fourth-order valence-corrected chi connectivity index (χ4v) is 9.53. The van der Waals surface area contributed by atoms with Crippen LogP contribution in [0.1, 0.15) is 84.8 Å². The first-order valence-corrected chi connectivity index (χ1v) is 23.4. The first kappa shape index (κ1) is 45.4. The molecule has 15 nitrogen and oxygen atoms in total. The zero-order chi connectivity index (χ0) is 46.6. The van der Waals surface area contributed by atoms with Crippen LogP contribution < -0.4 is 30.6 Å². The molecule has 3 amide bonds. The van der Waals surface area contributed by atoms with Crippen LogP contribution in [0.15, 0.2) is 77.7 Å². The Hall–Kier alpha value is -6.76. The Morgan fingerprint density at radius 2 is 1.78 bits per heavy atom. The largest absolute Gasteiger partial charge is 0.493 e. The first-order chi connectivity index (χ1) is 32.5. The molecule has 3 saturated heterocycles. The Balaban J connectivity index is 0.737. The van der Waals surface area contributed by atoms with Gasteiger partial charge in [0.1, 0.15) is 23.4 Å². The van der Waals surface area contributed by atoms with Gasteiger partial charge in [-0.2, -0.15) is 4.98 Å². The van der Waals surface area contributed by atoms with E-state index < -0.39 is 11.9 Å². The lowest BCUT2D eigenvalue weighted by atomic mass is 9.89. The van der Waals surface area contributed by atoms with Gasteiger partial charge >= 0.3 is 0 Å². The number of anilines is 3. The van der Waals surface area contributed by atoms with Crippen LogP contribution in [0.4, 0.5) is 17.5 Å². The number of rotatable bonds is 13. The second-order valence-electron chi connectivity index (χ2n) is 17.8. The standard InChI is InChI=1S/C51H53ClN8O7/c1-3-39(61)31-67-45-26-36-25-38(11-15-43(36)57(2)50(45)65)54-47-42(52)27-53-51(56-47)59-21-5-7-33(28-59)30-66-40-12-9-34(10-13-40)35-18-22-58(23-19-35)20-4-6-32-8-14-41-37(24-32)29-60(49(41)64)44-16-17-46(62)55-48(44)63/h8-15,24-27,33,35,44H,3,5,7,16-23,28-31H2,1-2H3,(H,53,54,56)(H,55,62,63). The highest BCUT2D eigenvalue weighted by atomic mass is 35.5. The number of hydrogen-bond acceptors (Lipinski definition) is 12. The number of Topliss-reactive ketones (excluding diaryl/α,β-unsaturated/α-hetero) is 1. The Labute approximate surface area is 393 Å². The van der Waals surface area contributed by atoms with Crippen LogP contribution in [0, 0.1) is 17.8 Å². The van der Waals surface area contributed by atoms with E-state index in [4.69, 9.17) is 26.1 Å². The number of ketones is 1. The number of halogens is 1. The summed E-state index contributed by atoms with van der Waals surface area (Å²) in [4.78, 5) is 77.3. The van der Waals surface area contributed by atoms with Gasteiger partial charge in [-0.1, -0.05) is 42.5 Å². The topological polar surface area (TPSA) is 168 Å². The molecule has 0 aliphatic carbocycles. The summed E-state index contributed by atoms with van der Waals surface area (Å²) in [5.41, 5.74) is 4.73. The number of piperidine rings is 3. The molecule has 0 radical (unpaired) electrons. The summed E-state index contributed by atoms with van der Waals surface area (Å²) in [5, 5.41) is 6.81. The van der Waals surface area contributed by atoms with Crippen molar-refractivity contribution in [3.05, 3.63) is 111 Å². The molecule has 67 heavy (non-hydrogen) atoms. The van der Waals surface area contributed by atoms with Crippen molar-refractivity contribution in [2.45, 2.75) is 70.4 Å². The van der Waals surface area contributed by atoms with E-state index in [1.165, 1.54) is 10.1 Å². The summed E-state index contributed by atoms with van der Waals surface area (Å²) < 4.78 is 13.4. The summed E-state index contributed by atoms with van der Waals surface area (Å²) in [6, 6.07) is 20.8. The molecule has 346 valence electrons. The number of pyridine rings is 1. The molecule has 3 fully saturated rings. The number of aryl methyl sites for hydroxylation is 1. The van der Waals surface area contributed by atoms with E-state index in [0.717, 1.165) is 74.1 Å². The first-order valence-electron chi connectivity index (χ1n) is 23.0. The predicted molar refractivity (Wildman–Crippen MR) is 255 cm³/mol. The molecule has 2 atom stereocenters. The minimum Gasteiger partial charge on any atom is -0.493 e. The van der Waals surface area contributed by atoms with Crippen molar-refractivity contribution in [1.82, 2.24) is 29.7 Å². The number of likely N-dealkylation sites (tertiary alicyclic amines) is 1. The smallest absolute Gasteiger partial charge is 0.293 e. The van der Waals surface area contributed by atoms with Crippen LogP contribution >= 0.6 is 11.6 Å². The van der Waals surface area contributed by atoms with Crippen LogP contribution in [0.5, 0.6) is 11.5 Å². The van der Waals surface area contributed by atoms with Gasteiger partial charge in [-0.3, -0.25) is 34.2 Å². The molecule has 4 aliphatic rings. The van der Waals surface area contributed by atoms with Crippen molar-refractivity contribution in [1.29, 1.82) is 0 Å². The minimum absolute atomic E-state index is 0.0872. The monoisotopic (exact) mass is 924 g/mol. The molecule has 2 aromatic heterocycles. The molecule has 0 spiro atoms. The summed E-state index contributed by atoms with van der Waals surface area (Å²) >= 11 is 6.60. The number of hydrogen-bond donors (Lipinski definition) is 2. The molecule has 4 aliphatic heterocycles. The predicted octanol–water partition coefficient (Wildman–Crippen LogP) is 6.37. The second-order valence-corrected chi connectivity index (χ2v) is 18.2. The lowest BCUT2D eigenvalue weighted by molar-refractivity contribution is -0.137. The molecule has 3 aromatic carbocycles. The van der Waals surface area contributed by atoms with Gasteiger partial charge in [0.05, 0.1) is 24.9 Å². The van der Waals surface area contributed by atoms with Gasteiger partial charge in [0.25, 0.3) is 11.5 Å². The molecule has 0 saturated carbocycles. The number of carbonyl (C=O) groups excluding carboxylic acids is 4. The Kier molecular flexibility index (Phi) is 13.5. The summed E-state index contributed by atoms with van der Waals surface area (Å²) in [7, 11) is 1.67. The normalized spacial score (nSPS) is 18.9. The maximum Gasteiger partial charge on any atom is 0.293 e. The SMILES string of the molecule is CCC(=O)COc1cc2cc(Nc3nc(N4CCCC(COc5ccc(C6CCN(CC#Cc7ccc8c(c7)CN(C7CCC(=O)NC7=O)C8=O)CC6)cc5)C4)ncc3Cl)ccc2n(C)c1=O. The maximum atomic E-state index is 13.0. The van der Waals surface area contributed by atoms with Crippen molar-refractivity contribution < 1.29 is 28.7 Å². The maximum absolute atomic E-state index is 13.0. The van der Waals surface area contributed by atoms with Crippen LogP contribution in [0.25, 0.3) is 10.9 Å². The number of imide groups is 1. The third-order valence-electron chi connectivity index (χ3n) is 13.3. The second kappa shape index (κ2) is 20.0. The number of fused-ring (bicyclic) bond motifs is 2. The zero-order valence-electron chi connectivity index (χ0n) is 37.7.